The molecule has 10 heteroatoms. The van der Waals surface area contributed by atoms with Crippen LogP contribution in [0.15, 0.2) is 24.5 Å². The largest absolute Gasteiger partial charge is 0.448 e. The second kappa shape index (κ2) is 7.32. The van der Waals surface area contributed by atoms with Crippen LogP contribution in [0.2, 0.25) is 5.02 Å². The Kier molecular flexibility index (Phi) is 5.14. The summed E-state index contributed by atoms with van der Waals surface area (Å²) in [7, 11) is 0. The zero-order valence-electron chi connectivity index (χ0n) is 13.0. The Morgan fingerprint density at radius 2 is 2.24 bits per heavy atom. The van der Waals surface area contributed by atoms with Gasteiger partial charge in [0.25, 0.3) is 0 Å². The zero-order valence-corrected chi connectivity index (χ0v) is 13.8. The second-order valence-electron chi connectivity index (χ2n) is 5.69. The third kappa shape index (κ3) is 4.43. The van der Waals surface area contributed by atoms with Crippen molar-refractivity contribution in [1.82, 2.24) is 20.1 Å². The quantitative estimate of drug-likeness (QED) is 0.814. The van der Waals surface area contributed by atoms with Gasteiger partial charge in [-0.25, -0.2) is 9.78 Å². The lowest BCUT2D eigenvalue weighted by atomic mass is 10.0. The van der Waals surface area contributed by atoms with Gasteiger partial charge in [0.15, 0.2) is 5.82 Å². The molecule has 0 spiro atoms. The van der Waals surface area contributed by atoms with Gasteiger partial charge in [-0.15, -0.1) is 5.10 Å². The van der Waals surface area contributed by atoms with Gasteiger partial charge in [0.1, 0.15) is 12.9 Å². The molecule has 2 aromatic rings. The van der Waals surface area contributed by atoms with Crippen LogP contribution in [0.4, 0.5) is 13.6 Å². The highest BCUT2D eigenvalue weighted by atomic mass is 35.5. The summed E-state index contributed by atoms with van der Waals surface area (Å²) in [5, 5.41) is 6.68. The summed E-state index contributed by atoms with van der Waals surface area (Å²) in [6.45, 7) is -2.82. The fourth-order valence-corrected chi connectivity index (χ4v) is 2.34. The van der Waals surface area contributed by atoms with Crippen molar-refractivity contribution in [3.8, 4) is 11.4 Å². The Hall–Kier alpha value is -2.26. The van der Waals surface area contributed by atoms with E-state index in [9.17, 15) is 13.6 Å². The molecule has 25 heavy (non-hydrogen) atoms. The van der Waals surface area contributed by atoms with Gasteiger partial charge in [0.2, 0.25) is 0 Å². The number of hydrogen-bond acceptors (Lipinski definition) is 5. The SMILES string of the molecule is NC(COC(=O)NC1CC1)c1ccc(Cl)c(-c2ncn(C(F)F)n2)c1. The lowest BCUT2D eigenvalue weighted by Crippen LogP contribution is -2.29. The number of nitrogens with one attached hydrogen (secondary N) is 1. The smallest absolute Gasteiger partial charge is 0.407 e. The molecule has 0 saturated heterocycles. The van der Waals surface area contributed by atoms with Crippen molar-refractivity contribution in [3.05, 3.63) is 35.1 Å². The summed E-state index contributed by atoms with van der Waals surface area (Å²) in [6.07, 6.45) is 2.33. The van der Waals surface area contributed by atoms with Crippen molar-refractivity contribution >= 4 is 17.7 Å². The van der Waals surface area contributed by atoms with Crippen molar-refractivity contribution in [2.75, 3.05) is 6.61 Å². The highest BCUT2D eigenvalue weighted by Gasteiger charge is 2.24. The number of nitrogens with two attached hydrogens (primary N) is 1. The number of aromatic nitrogens is 3. The lowest BCUT2D eigenvalue weighted by molar-refractivity contribution is 0.0564. The van der Waals surface area contributed by atoms with Gasteiger partial charge in [0, 0.05) is 11.6 Å². The molecule has 0 radical (unpaired) electrons. The van der Waals surface area contributed by atoms with Gasteiger partial charge in [0.05, 0.1) is 11.1 Å². The number of amides is 1. The number of hydrogen-bond donors (Lipinski definition) is 2. The highest BCUT2D eigenvalue weighted by molar-refractivity contribution is 6.33. The minimum absolute atomic E-state index is 0.0292. The summed E-state index contributed by atoms with van der Waals surface area (Å²) in [5.41, 5.74) is 7.02. The number of alkyl carbamates (subject to hydrolysis) is 1. The molecular weight excluding hydrogens is 356 g/mol. The number of alkyl halides is 2. The first-order valence-electron chi connectivity index (χ1n) is 7.62. The van der Waals surface area contributed by atoms with Crippen molar-refractivity contribution < 1.29 is 18.3 Å². The number of rotatable bonds is 6. The maximum Gasteiger partial charge on any atom is 0.407 e. The molecule has 7 nitrogen and oxygen atoms in total. The monoisotopic (exact) mass is 371 g/mol. The van der Waals surface area contributed by atoms with Gasteiger partial charge in [-0.1, -0.05) is 17.7 Å². The average Bonchev–Trinajstić information content (AvgIpc) is 3.24. The van der Waals surface area contributed by atoms with Crippen LogP contribution in [0.5, 0.6) is 0 Å². The van der Waals surface area contributed by atoms with Gasteiger partial charge in [-0.3, -0.25) is 0 Å². The number of halogens is 3. The van der Waals surface area contributed by atoms with E-state index in [0.717, 1.165) is 19.2 Å². The first kappa shape index (κ1) is 17.6. The van der Waals surface area contributed by atoms with E-state index >= 15 is 0 Å². The minimum Gasteiger partial charge on any atom is -0.448 e. The zero-order chi connectivity index (χ0) is 18.0. The predicted molar refractivity (Wildman–Crippen MR) is 86.2 cm³/mol. The molecule has 1 unspecified atom stereocenters. The van der Waals surface area contributed by atoms with E-state index in [0.29, 0.717) is 20.8 Å². The molecule has 1 atom stereocenters. The number of nitrogens with zero attached hydrogens (tertiary/aromatic N) is 3. The van der Waals surface area contributed by atoms with E-state index < -0.39 is 18.7 Å². The molecular formula is C15H16ClF2N5O2. The molecule has 1 heterocycles. The van der Waals surface area contributed by atoms with Gasteiger partial charge >= 0.3 is 12.6 Å². The molecule has 1 aliphatic carbocycles. The molecule has 3 N–H and O–H groups in total. The van der Waals surface area contributed by atoms with Gasteiger partial charge in [-0.2, -0.15) is 13.5 Å². The maximum absolute atomic E-state index is 12.6. The molecule has 0 bridgehead atoms. The number of benzene rings is 1. The molecule has 1 aromatic heterocycles. The summed E-state index contributed by atoms with van der Waals surface area (Å²) in [4.78, 5) is 15.4. The molecule has 1 amide bonds. The van der Waals surface area contributed by atoms with E-state index in [1.807, 2.05) is 0 Å². The molecule has 3 rings (SSSR count). The van der Waals surface area contributed by atoms with E-state index in [1.165, 1.54) is 0 Å². The van der Waals surface area contributed by atoms with Crippen LogP contribution >= 0.6 is 11.6 Å². The number of ether oxygens (including phenoxy) is 1. The van der Waals surface area contributed by atoms with Crippen molar-refractivity contribution in [2.45, 2.75) is 31.5 Å². The van der Waals surface area contributed by atoms with Crippen molar-refractivity contribution in [1.29, 1.82) is 0 Å². The summed E-state index contributed by atoms with van der Waals surface area (Å²) in [5.74, 6) is 0.0618. The average molecular weight is 372 g/mol. The standard InChI is InChI=1S/C15H16ClF2N5O2/c16-11-4-1-8(12(19)6-25-15(24)21-9-2-3-9)5-10(11)13-20-7-23(22-13)14(17)18/h1,4-5,7,9,12,14H,2-3,6,19H2,(H,21,24). The van der Waals surface area contributed by atoms with Crippen LogP contribution in [0.1, 0.15) is 31.0 Å². The Bertz CT molecular complexity index is 766. The molecule has 134 valence electrons. The van der Waals surface area contributed by atoms with E-state index in [-0.39, 0.29) is 18.5 Å². The highest BCUT2D eigenvalue weighted by Crippen LogP contribution is 2.28. The normalized spacial score (nSPS) is 15.2. The summed E-state index contributed by atoms with van der Waals surface area (Å²) < 4.78 is 30.8. The third-order valence-corrected chi connectivity index (χ3v) is 3.99. The lowest BCUT2D eigenvalue weighted by Gasteiger charge is -2.14. The van der Waals surface area contributed by atoms with Crippen LogP contribution in [-0.2, 0) is 4.74 Å². The fraction of sp³-hybridized carbons (Fsp3) is 0.400. The summed E-state index contributed by atoms with van der Waals surface area (Å²) in [6, 6.07) is 4.43. The predicted octanol–water partition coefficient (Wildman–Crippen LogP) is 2.88. The van der Waals surface area contributed by atoms with E-state index in [4.69, 9.17) is 22.1 Å². The van der Waals surface area contributed by atoms with Crippen LogP contribution in [0.25, 0.3) is 11.4 Å². The summed E-state index contributed by atoms with van der Waals surface area (Å²) >= 11 is 6.10. The maximum atomic E-state index is 12.6. The van der Waals surface area contributed by atoms with Crippen molar-refractivity contribution in [2.24, 2.45) is 5.73 Å². The Morgan fingerprint density at radius 3 is 2.88 bits per heavy atom. The van der Waals surface area contributed by atoms with Gasteiger partial charge in [-0.05, 0) is 30.5 Å². The Labute approximate surface area is 147 Å². The van der Waals surface area contributed by atoms with Crippen LogP contribution in [-0.4, -0.2) is 33.5 Å². The molecule has 0 aliphatic heterocycles. The topological polar surface area (TPSA) is 95.1 Å². The number of carbonyl (C=O) groups excluding carboxylic acids is 1. The molecule has 1 saturated carbocycles. The minimum atomic E-state index is -2.79. The number of carbonyl (C=O) groups is 1. The third-order valence-electron chi connectivity index (χ3n) is 3.66. The Balaban J connectivity index is 1.70. The molecule has 1 aliphatic rings. The van der Waals surface area contributed by atoms with Crippen LogP contribution in [0.3, 0.4) is 0 Å². The van der Waals surface area contributed by atoms with E-state index in [1.54, 1.807) is 18.2 Å². The molecule has 1 fully saturated rings. The first-order valence-corrected chi connectivity index (χ1v) is 8.00. The van der Waals surface area contributed by atoms with Crippen LogP contribution in [0, 0.1) is 0 Å². The van der Waals surface area contributed by atoms with Crippen molar-refractivity contribution in [3.63, 3.8) is 0 Å². The van der Waals surface area contributed by atoms with Crippen LogP contribution < -0.4 is 11.1 Å². The Morgan fingerprint density at radius 1 is 1.48 bits per heavy atom. The fourth-order valence-electron chi connectivity index (χ4n) is 2.13. The van der Waals surface area contributed by atoms with E-state index in [2.05, 4.69) is 15.4 Å². The second-order valence-corrected chi connectivity index (χ2v) is 6.10. The molecule has 1 aromatic carbocycles. The first-order chi connectivity index (χ1) is 11.9. The van der Waals surface area contributed by atoms with Gasteiger partial charge < -0.3 is 15.8 Å².